The van der Waals surface area contributed by atoms with Gasteiger partial charge in [0.2, 0.25) is 0 Å². The smallest absolute Gasteiger partial charge is 0.108 e. The second-order valence-electron chi connectivity index (χ2n) is 2.68. The first-order valence-electron chi connectivity index (χ1n) is 4.26. The van der Waals surface area contributed by atoms with Crippen LogP contribution in [-0.4, -0.2) is 18.7 Å². The van der Waals surface area contributed by atoms with Crippen molar-refractivity contribution >= 4 is 12.4 Å². The van der Waals surface area contributed by atoms with Gasteiger partial charge in [0.25, 0.3) is 0 Å². The van der Waals surface area contributed by atoms with Crippen molar-refractivity contribution < 1.29 is 14.9 Å². The van der Waals surface area contributed by atoms with Crippen molar-refractivity contribution in [3.05, 3.63) is 48.2 Å². The largest absolute Gasteiger partial charge is 0.497 e. The minimum absolute atomic E-state index is 0. The highest BCUT2D eigenvalue weighted by atomic mass is 35.5. The molecule has 92 valence electrons. The average molecular weight is 249 g/mol. The molecule has 0 aromatic carbocycles. The summed E-state index contributed by atoms with van der Waals surface area (Å²) in [7, 11) is 0. The van der Waals surface area contributed by atoms with Gasteiger partial charge in [-0.2, -0.15) is 0 Å². The van der Waals surface area contributed by atoms with Gasteiger partial charge in [-0.15, -0.1) is 12.4 Å². The first-order chi connectivity index (χ1) is 6.79. The van der Waals surface area contributed by atoms with Crippen LogP contribution in [0.1, 0.15) is 0 Å². The Morgan fingerprint density at radius 2 is 1.25 bits per heavy atom. The highest BCUT2D eigenvalue weighted by Crippen LogP contribution is 1.94. The SMILES string of the molecule is Cl.NC1=CCOC=C1.NC1=CCOC=C1.O. The molecule has 0 spiro atoms. The lowest BCUT2D eigenvalue weighted by Crippen LogP contribution is -1.99. The molecule has 0 amide bonds. The minimum Gasteiger partial charge on any atom is -0.497 e. The monoisotopic (exact) mass is 248 g/mol. The Balaban J connectivity index is 0. The summed E-state index contributed by atoms with van der Waals surface area (Å²) in [4.78, 5) is 0. The predicted molar refractivity (Wildman–Crippen MR) is 65.6 cm³/mol. The summed E-state index contributed by atoms with van der Waals surface area (Å²) in [5.74, 6) is 0. The van der Waals surface area contributed by atoms with Crippen LogP contribution >= 0.6 is 12.4 Å². The molecule has 0 atom stereocenters. The van der Waals surface area contributed by atoms with E-state index in [1.165, 1.54) is 0 Å². The van der Waals surface area contributed by atoms with Crippen molar-refractivity contribution in [2.75, 3.05) is 13.2 Å². The molecule has 5 nitrogen and oxygen atoms in total. The molecule has 0 aliphatic carbocycles. The maximum Gasteiger partial charge on any atom is 0.108 e. The molecule has 6 heteroatoms. The van der Waals surface area contributed by atoms with Crippen LogP contribution in [0, 0.1) is 0 Å². The third-order valence-corrected chi connectivity index (χ3v) is 1.54. The van der Waals surface area contributed by atoms with Crippen LogP contribution in [0.3, 0.4) is 0 Å². The molecule has 2 rings (SSSR count). The summed E-state index contributed by atoms with van der Waals surface area (Å²) < 4.78 is 9.61. The molecule has 0 aromatic rings. The second kappa shape index (κ2) is 9.95. The van der Waals surface area contributed by atoms with E-state index < -0.39 is 0 Å². The molecule has 6 N–H and O–H groups in total. The molecule has 2 aliphatic heterocycles. The summed E-state index contributed by atoms with van der Waals surface area (Å²) in [5.41, 5.74) is 12.2. The molecule has 0 saturated heterocycles. The quantitative estimate of drug-likeness (QED) is 0.645. The molecule has 0 fully saturated rings. The van der Waals surface area contributed by atoms with Crippen molar-refractivity contribution in [1.29, 1.82) is 0 Å². The van der Waals surface area contributed by atoms with Gasteiger partial charge in [-0.1, -0.05) is 0 Å². The van der Waals surface area contributed by atoms with Gasteiger partial charge in [0.05, 0.1) is 12.5 Å². The van der Waals surface area contributed by atoms with Crippen molar-refractivity contribution in [3.63, 3.8) is 0 Å². The van der Waals surface area contributed by atoms with E-state index in [2.05, 4.69) is 0 Å². The van der Waals surface area contributed by atoms with Crippen LogP contribution in [-0.2, 0) is 9.47 Å². The Morgan fingerprint density at radius 3 is 1.38 bits per heavy atom. The highest BCUT2D eigenvalue weighted by Gasteiger charge is 1.87. The van der Waals surface area contributed by atoms with Gasteiger partial charge in [0.15, 0.2) is 0 Å². The normalized spacial score (nSPS) is 15.8. The van der Waals surface area contributed by atoms with Crippen LogP contribution in [0.2, 0.25) is 0 Å². The Morgan fingerprint density at radius 1 is 0.875 bits per heavy atom. The van der Waals surface area contributed by atoms with E-state index in [1.54, 1.807) is 24.7 Å². The van der Waals surface area contributed by atoms with Crippen molar-refractivity contribution in [1.82, 2.24) is 0 Å². The number of halogens is 1. The summed E-state index contributed by atoms with van der Waals surface area (Å²) in [6, 6.07) is 0. The molecule has 16 heavy (non-hydrogen) atoms. The maximum atomic E-state index is 5.33. The summed E-state index contributed by atoms with van der Waals surface area (Å²) in [6.07, 6.45) is 10.3. The number of hydrogen-bond donors (Lipinski definition) is 2. The van der Waals surface area contributed by atoms with Crippen LogP contribution in [0.15, 0.2) is 48.2 Å². The van der Waals surface area contributed by atoms with E-state index in [0.717, 1.165) is 11.4 Å². The molecule has 2 aliphatic rings. The maximum absolute atomic E-state index is 5.33. The Bertz CT molecular complexity index is 268. The van der Waals surface area contributed by atoms with Gasteiger partial charge in [0, 0.05) is 11.4 Å². The van der Waals surface area contributed by atoms with Crippen LogP contribution in [0.5, 0.6) is 0 Å². The number of nitrogens with two attached hydrogens (primary N) is 2. The Hall–Kier alpha value is -1.59. The van der Waals surface area contributed by atoms with E-state index in [4.69, 9.17) is 20.9 Å². The van der Waals surface area contributed by atoms with Crippen LogP contribution in [0.25, 0.3) is 0 Å². The zero-order valence-electron chi connectivity index (χ0n) is 8.76. The third-order valence-electron chi connectivity index (χ3n) is 1.54. The topological polar surface area (TPSA) is 102 Å². The number of allylic oxidation sites excluding steroid dienone is 2. The van der Waals surface area contributed by atoms with Crippen molar-refractivity contribution in [3.8, 4) is 0 Å². The first-order valence-corrected chi connectivity index (χ1v) is 4.26. The molecule has 2 heterocycles. The fraction of sp³-hybridized carbons (Fsp3) is 0.200. The fourth-order valence-corrected chi connectivity index (χ4v) is 0.789. The van der Waals surface area contributed by atoms with E-state index in [1.807, 2.05) is 12.2 Å². The van der Waals surface area contributed by atoms with Gasteiger partial charge < -0.3 is 26.4 Å². The van der Waals surface area contributed by atoms with E-state index >= 15 is 0 Å². The Labute approximate surface area is 101 Å². The molecule has 0 radical (unpaired) electrons. The zero-order valence-corrected chi connectivity index (χ0v) is 9.57. The summed E-state index contributed by atoms with van der Waals surface area (Å²) in [6.45, 7) is 1.23. The van der Waals surface area contributed by atoms with Crippen molar-refractivity contribution in [2.24, 2.45) is 11.5 Å². The standard InChI is InChI=1S/2C5H7NO.ClH.H2O/c2*6-5-1-3-7-4-2-5;;/h2*1-3H,4,6H2;1H;1H2. The first kappa shape index (κ1) is 16.8. The molecule has 0 bridgehead atoms. The van der Waals surface area contributed by atoms with Crippen molar-refractivity contribution in [2.45, 2.75) is 0 Å². The summed E-state index contributed by atoms with van der Waals surface area (Å²) >= 11 is 0. The summed E-state index contributed by atoms with van der Waals surface area (Å²) in [5, 5.41) is 0. The van der Waals surface area contributed by atoms with Crippen LogP contribution in [0.4, 0.5) is 0 Å². The Kier molecular flexibility index (Phi) is 10.5. The highest BCUT2D eigenvalue weighted by molar-refractivity contribution is 5.85. The van der Waals surface area contributed by atoms with Gasteiger partial charge in [-0.25, -0.2) is 0 Å². The van der Waals surface area contributed by atoms with Crippen LogP contribution < -0.4 is 11.5 Å². The lowest BCUT2D eigenvalue weighted by Gasteiger charge is -2.00. The zero-order chi connectivity index (χ0) is 10.2. The van der Waals surface area contributed by atoms with Gasteiger partial charge in [-0.3, -0.25) is 0 Å². The van der Waals surface area contributed by atoms with Gasteiger partial charge >= 0.3 is 0 Å². The molecule has 0 unspecified atom stereocenters. The lowest BCUT2D eigenvalue weighted by atomic mass is 10.4. The molecular weight excluding hydrogens is 232 g/mol. The second-order valence-corrected chi connectivity index (χ2v) is 2.68. The van der Waals surface area contributed by atoms with E-state index in [-0.39, 0.29) is 17.9 Å². The van der Waals surface area contributed by atoms with Gasteiger partial charge in [0.1, 0.15) is 13.2 Å². The molecule has 0 saturated carbocycles. The minimum atomic E-state index is 0. The molecule has 0 aromatic heterocycles. The average Bonchev–Trinajstić information content (AvgIpc) is 2.21. The van der Waals surface area contributed by atoms with E-state index in [0.29, 0.717) is 13.2 Å². The lowest BCUT2D eigenvalue weighted by molar-refractivity contribution is 0.284. The molecular formula is C10H17ClN2O3. The number of hydrogen-bond acceptors (Lipinski definition) is 4. The third kappa shape index (κ3) is 7.78. The van der Waals surface area contributed by atoms with E-state index in [9.17, 15) is 0 Å². The number of rotatable bonds is 0. The fourth-order valence-electron chi connectivity index (χ4n) is 0.789. The van der Waals surface area contributed by atoms with Gasteiger partial charge in [-0.05, 0) is 24.3 Å². The predicted octanol–water partition coefficient (Wildman–Crippen LogP) is 0.343. The number of ether oxygens (including phenoxy) is 2.